The van der Waals surface area contributed by atoms with E-state index in [2.05, 4.69) is 21.2 Å². The van der Waals surface area contributed by atoms with Gasteiger partial charge in [-0.3, -0.25) is 4.79 Å². The molecule has 1 aromatic carbocycles. The molecule has 5 nitrogen and oxygen atoms in total. The highest BCUT2D eigenvalue weighted by Crippen LogP contribution is 2.33. The molecule has 0 aromatic heterocycles. The van der Waals surface area contributed by atoms with Crippen molar-refractivity contribution < 1.29 is 13.2 Å². The molecule has 0 spiro atoms. The molecule has 1 saturated carbocycles. The number of sulfonamides is 1. The topological polar surface area (TPSA) is 89.3 Å². The molecule has 0 heterocycles. The Bertz CT molecular complexity index is 669. The monoisotopic (exact) mass is 374 g/mol. The van der Waals surface area contributed by atoms with Crippen molar-refractivity contribution in [2.45, 2.75) is 44.0 Å². The summed E-state index contributed by atoms with van der Waals surface area (Å²) in [5, 5.41) is 8.11. The van der Waals surface area contributed by atoms with Crippen LogP contribution in [0.25, 0.3) is 0 Å². The minimum Gasteiger partial charge on any atom is -0.350 e. The summed E-state index contributed by atoms with van der Waals surface area (Å²) in [6.45, 7) is 3.55. The lowest BCUT2D eigenvalue weighted by Crippen LogP contribution is -2.33. The minimum absolute atomic E-state index is 0.0307. The lowest BCUT2D eigenvalue weighted by molar-refractivity contribution is 0.0936. The normalized spacial score (nSPS) is 16.6. The van der Waals surface area contributed by atoms with E-state index < -0.39 is 10.0 Å². The Morgan fingerprint density at radius 3 is 2.62 bits per heavy atom. The number of nitrogens with one attached hydrogen (secondary N) is 1. The third-order valence-electron chi connectivity index (χ3n) is 3.64. The molecule has 0 saturated heterocycles. The van der Waals surface area contributed by atoms with Crippen molar-refractivity contribution in [1.29, 1.82) is 0 Å². The van der Waals surface area contributed by atoms with Gasteiger partial charge in [0.1, 0.15) is 0 Å². The lowest BCUT2D eigenvalue weighted by atomic mass is 10.1. The van der Waals surface area contributed by atoms with E-state index in [1.165, 1.54) is 18.9 Å². The van der Waals surface area contributed by atoms with Crippen LogP contribution in [-0.2, 0) is 10.0 Å². The zero-order chi connectivity index (χ0) is 15.8. The summed E-state index contributed by atoms with van der Waals surface area (Å²) in [6, 6.07) is 3.10. The molecule has 116 valence electrons. The van der Waals surface area contributed by atoms with Gasteiger partial charge >= 0.3 is 0 Å². The summed E-state index contributed by atoms with van der Waals surface area (Å²) >= 11 is 3.22. The Hall–Kier alpha value is -0.920. The van der Waals surface area contributed by atoms with E-state index in [9.17, 15) is 13.2 Å². The van der Waals surface area contributed by atoms with E-state index in [1.807, 2.05) is 6.92 Å². The second kappa shape index (κ2) is 6.06. The largest absolute Gasteiger partial charge is 0.350 e. The van der Waals surface area contributed by atoms with Gasteiger partial charge in [-0.1, -0.05) is 28.8 Å². The van der Waals surface area contributed by atoms with Crippen molar-refractivity contribution in [1.82, 2.24) is 5.32 Å². The molecule has 2 rings (SSSR count). The highest BCUT2D eigenvalue weighted by Gasteiger charge is 2.25. The van der Waals surface area contributed by atoms with Crippen LogP contribution in [0, 0.1) is 12.8 Å². The van der Waals surface area contributed by atoms with Crippen LogP contribution in [0.3, 0.4) is 0 Å². The number of hydrogen-bond donors (Lipinski definition) is 2. The van der Waals surface area contributed by atoms with Crippen LogP contribution in [0.5, 0.6) is 0 Å². The first-order chi connectivity index (χ1) is 9.68. The molecule has 3 N–H and O–H groups in total. The number of halogens is 1. The quantitative estimate of drug-likeness (QED) is 0.828. The van der Waals surface area contributed by atoms with Gasteiger partial charge in [-0.05, 0) is 43.9 Å². The van der Waals surface area contributed by atoms with Crippen molar-refractivity contribution in [2.24, 2.45) is 11.1 Å². The Morgan fingerprint density at radius 1 is 1.48 bits per heavy atom. The first-order valence-electron chi connectivity index (χ1n) is 6.82. The predicted octanol–water partition coefficient (Wildman–Crippen LogP) is 2.32. The maximum Gasteiger partial charge on any atom is 0.251 e. The summed E-state index contributed by atoms with van der Waals surface area (Å²) in [5.74, 6) is 0.440. The molecule has 1 amide bonds. The van der Waals surface area contributed by atoms with E-state index in [-0.39, 0.29) is 16.8 Å². The van der Waals surface area contributed by atoms with Crippen LogP contribution in [0.2, 0.25) is 0 Å². The fraction of sp³-hybridized carbons (Fsp3) is 0.500. The molecule has 1 unspecified atom stereocenters. The Labute approximate surface area is 133 Å². The van der Waals surface area contributed by atoms with Gasteiger partial charge in [0, 0.05) is 16.1 Å². The number of amides is 1. The molecule has 0 bridgehead atoms. The van der Waals surface area contributed by atoms with Gasteiger partial charge in [0.25, 0.3) is 5.91 Å². The van der Waals surface area contributed by atoms with Crippen LogP contribution < -0.4 is 10.5 Å². The maximum atomic E-state index is 12.3. The van der Waals surface area contributed by atoms with Crippen LogP contribution in [0.1, 0.15) is 42.1 Å². The summed E-state index contributed by atoms with van der Waals surface area (Å²) < 4.78 is 23.7. The van der Waals surface area contributed by atoms with E-state index in [0.717, 1.165) is 6.42 Å². The summed E-state index contributed by atoms with van der Waals surface area (Å²) in [4.78, 5) is 12.3. The molecule has 1 atom stereocenters. The lowest BCUT2D eigenvalue weighted by Gasteiger charge is -2.16. The zero-order valence-electron chi connectivity index (χ0n) is 12.0. The molecule has 0 aliphatic heterocycles. The van der Waals surface area contributed by atoms with Gasteiger partial charge in [0.05, 0.1) is 4.90 Å². The number of rotatable bonds is 5. The van der Waals surface area contributed by atoms with Crippen molar-refractivity contribution in [3.05, 3.63) is 27.7 Å². The van der Waals surface area contributed by atoms with E-state index in [4.69, 9.17) is 5.14 Å². The third-order valence-corrected chi connectivity index (χ3v) is 5.13. The molecule has 1 aliphatic carbocycles. The van der Waals surface area contributed by atoms with E-state index >= 15 is 0 Å². The maximum absolute atomic E-state index is 12.3. The number of carbonyl (C=O) groups excluding carboxylic acids is 1. The van der Waals surface area contributed by atoms with Gasteiger partial charge in [-0.2, -0.15) is 0 Å². The highest BCUT2D eigenvalue weighted by atomic mass is 79.9. The predicted molar refractivity (Wildman–Crippen MR) is 84.5 cm³/mol. The fourth-order valence-corrected chi connectivity index (χ4v) is 3.84. The molecule has 0 radical (unpaired) electrons. The number of hydrogen-bond acceptors (Lipinski definition) is 3. The van der Waals surface area contributed by atoms with Gasteiger partial charge < -0.3 is 5.32 Å². The van der Waals surface area contributed by atoms with Crippen molar-refractivity contribution in [3.63, 3.8) is 0 Å². The highest BCUT2D eigenvalue weighted by molar-refractivity contribution is 9.10. The Balaban J connectivity index is 2.25. The minimum atomic E-state index is -3.86. The summed E-state index contributed by atoms with van der Waals surface area (Å²) in [7, 11) is -3.86. The standard InChI is InChI=1S/C14H19BrN2O3S/c1-8(5-10-3-4-10)17-14(18)12-6-11(15)7-13(9(12)2)21(16,19)20/h6-8,10H,3-5H2,1-2H3,(H,17,18)(H2,16,19,20). The summed E-state index contributed by atoms with van der Waals surface area (Å²) in [6.07, 6.45) is 3.41. The molecule has 7 heteroatoms. The second-order valence-corrected chi connectivity index (χ2v) is 8.12. The summed E-state index contributed by atoms with van der Waals surface area (Å²) in [5.41, 5.74) is 0.702. The smallest absolute Gasteiger partial charge is 0.251 e. The average molecular weight is 375 g/mol. The second-order valence-electron chi connectivity index (χ2n) is 5.68. The third kappa shape index (κ3) is 4.28. The average Bonchev–Trinajstić information content (AvgIpc) is 3.13. The molecule has 21 heavy (non-hydrogen) atoms. The molecule has 1 aromatic rings. The SMILES string of the molecule is Cc1c(C(=O)NC(C)CC2CC2)cc(Br)cc1S(N)(=O)=O. The Morgan fingerprint density at radius 2 is 2.10 bits per heavy atom. The van der Waals surface area contributed by atoms with Crippen molar-refractivity contribution in [3.8, 4) is 0 Å². The number of primary sulfonamides is 1. The Kier molecular flexibility index (Phi) is 4.75. The van der Waals surface area contributed by atoms with E-state index in [0.29, 0.717) is 21.5 Å². The molecular formula is C14H19BrN2O3S. The van der Waals surface area contributed by atoms with Crippen LogP contribution in [0.4, 0.5) is 0 Å². The van der Waals surface area contributed by atoms with Gasteiger partial charge in [-0.15, -0.1) is 0 Å². The number of benzene rings is 1. The molecule has 1 aliphatic rings. The first-order valence-corrected chi connectivity index (χ1v) is 9.16. The van der Waals surface area contributed by atoms with Gasteiger partial charge in [0.2, 0.25) is 10.0 Å². The number of carbonyl (C=O) groups is 1. The first kappa shape index (κ1) is 16.5. The van der Waals surface area contributed by atoms with Gasteiger partial charge in [-0.25, -0.2) is 13.6 Å². The van der Waals surface area contributed by atoms with Crippen molar-refractivity contribution >= 4 is 31.9 Å². The van der Waals surface area contributed by atoms with Gasteiger partial charge in [0.15, 0.2) is 0 Å². The molecule has 1 fully saturated rings. The van der Waals surface area contributed by atoms with Crippen LogP contribution >= 0.6 is 15.9 Å². The fourth-order valence-electron chi connectivity index (χ4n) is 2.40. The van der Waals surface area contributed by atoms with Crippen LogP contribution in [-0.4, -0.2) is 20.4 Å². The van der Waals surface area contributed by atoms with E-state index in [1.54, 1.807) is 13.0 Å². The number of nitrogens with two attached hydrogens (primary N) is 1. The van der Waals surface area contributed by atoms with Crippen LogP contribution in [0.15, 0.2) is 21.5 Å². The molecular weight excluding hydrogens is 356 g/mol. The van der Waals surface area contributed by atoms with Crippen molar-refractivity contribution in [2.75, 3.05) is 0 Å². The zero-order valence-corrected chi connectivity index (χ0v) is 14.4.